The molecule has 1 fully saturated rings. The highest BCUT2D eigenvalue weighted by Gasteiger charge is 2.17. The van der Waals surface area contributed by atoms with E-state index in [-0.39, 0.29) is 28.7 Å². The van der Waals surface area contributed by atoms with Crippen LogP contribution < -0.4 is 16.6 Å². The summed E-state index contributed by atoms with van der Waals surface area (Å²) in [5, 5.41) is 3.16. The van der Waals surface area contributed by atoms with Crippen molar-refractivity contribution < 1.29 is 9.53 Å². The lowest BCUT2D eigenvalue weighted by atomic mass is 10.2. The second-order valence-corrected chi connectivity index (χ2v) is 6.17. The maximum absolute atomic E-state index is 12.4. The number of rotatable bonds is 4. The predicted octanol–water partition coefficient (Wildman–Crippen LogP) is -0.928. The summed E-state index contributed by atoms with van der Waals surface area (Å²) in [5.74, 6) is -0.338. The number of carbonyl (C=O) groups is 1. The SMILES string of the molecule is CC(CN1CCOCC1)NC(=O)c1ccc2c(=O)[nH]c(=O)n(C)c2n1. The molecule has 0 saturated carbocycles. The van der Waals surface area contributed by atoms with E-state index in [1.807, 2.05) is 6.92 Å². The summed E-state index contributed by atoms with van der Waals surface area (Å²) in [4.78, 5) is 44.5. The number of nitrogens with zero attached hydrogens (tertiary/aromatic N) is 3. The molecule has 2 aromatic rings. The zero-order valence-corrected chi connectivity index (χ0v) is 14.2. The van der Waals surface area contributed by atoms with Gasteiger partial charge in [0.25, 0.3) is 11.5 Å². The summed E-state index contributed by atoms with van der Waals surface area (Å²) < 4.78 is 6.52. The van der Waals surface area contributed by atoms with Crippen LogP contribution in [0.2, 0.25) is 0 Å². The molecule has 1 aliphatic heterocycles. The maximum Gasteiger partial charge on any atom is 0.329 e. The van der Waals surface area contributed by atoms with Gasteiger partial charge in [0.2, 0.25) is 0 Å². The van der Waals surface area contributed by atoms with Gasteiger partial charge in [-0.3, -0.25) is 24.0 Å². The van der Waals surface area contributed by atoms with Crippen LogP contribution in [0.3, 0.4) is 0 Å². The average molecular weight is 347 g/mol. The number of aromatic nitrogens is 3. The molecular weight excluding hydrogens is 326 g/mol. The normalized spacial score (nSPS) is 16.7. The second-order valence-electron chi connectivity index (χ2n) is 6.17. The van der Waals surface area contributed by atoms with Crippen LogP contribution in [-0.4, -0.2) is 64.2 Å². The highest BCUT2D eigenvalue weighted by molar-refractivity contribution is 5.94. The summed E-state index contributed by atoms with van der Waals surface area (Å²) >= 11 is 0. The van der Waals surface area contributed by atoms with Gasteiger partial charge in [0.05, 0.1) is 18.6 Å². The lowest BCUT2D eigenvalue weighted by Crippen LogP contribution is -2.46. The Balaban J connectivity index is 1.76. The zero-order chi connectivity index (χ0) is 18.0. The Hall–Kier alpha value is -2.52. The summed E-state index contributed by atoms with van der Waals surface area (Å²) in [6, 6.07) is 2.92. The first-order valence-corrected chi connectivity index (χ1v) is 8.17. The molecule has 1 saturated heterocycles. The Morgan fingerprint density at radius 3 is 2.80 bits per heavy atom. The third-order valence-electron chi connectivity index (χ3n) is 4.21. The van der Waals surface area contributed by atoms with Crippen LogP contribution in [0, 0.1) is 0 Å². The van der Waals surface area contributed by atoms with E-state index in [4.69, 9.17) is 4.74 Å². The van der Waals surface area contributed by atoms with E-state index in [0.717, 1.165) is 19.6 Å². The number of aromatic amines is 1. The smallest absolute Gasteiger partial charge is 0.329 e. The highest BCUT2D eigenvalue weighted by Crippen LogP contribution is 2.06. The lowest BCUT2D eigenvalue weighted by Gasteiger charge is -2.29. The molecule has 0 aromatic carbocycles. The zero-order valence-electron chi connectivity index (χ0n) is 14.2. The topological polar surface area (TPSA) is 109 Å². The summed E-state index contributed by atoms with van der Waals surface area (Å²) in [6.45, 7) is 5.75. The first-order chi connectivity index (χ1) is 12.0. The van der Waals surface area contributed by atoms with Gasteiger partial charge in [0.15, 0.2) is 0 Å². The van der Waals surface area contributed by atoms with Crippen molar-refractivity contribution in [1.82, 2.24) is 24.8 Å². The predicted molar refractivity (Wildman–Crippen MR) is 91.8 cm³/mol. The monoisotopic (exact) mass is 347 g/mol. The molecule has 0 radical (unpaired) electrons. The minimum Gasteiger partial charge on any atom is -0.379 e. The molecule has 2 N–H and O–H groups in total. The third-order valence-corrected chi connectivity index (χ3v) is 4.21. The van der Waals surface area contributed by atoms with E-state index in [2.05, 4.69) is 20.2 Å². The van der Waals surface area contributed by atoms with Crippen LogP contribution in [0.5, 0.6) is 0 Å². The number of ether oxygens (including phenoxy) is 1. The van der Waals surface area contributed by atoms with Crippen molar-refractivity contribution in [3.8, 4) is 0 Å². The van der Waals surface area contributed by atoms with Gasteiger partial charge >= 0.3 is 5.69 Å². The summed E-state index contributed by atoms with van der Waals surface area (Å²) in [5.41, 5.74) is -0.731. The van der Waals surface area contributed by atoms with Crippen molar-refractivity contribution >= 4 is 16.9 Å². The van der Waals surface area contributed by atoms with E-state index in [0.29, 0.717) is 13.2 Å². The van der Waals surface area contributed by atoms with Crippen molar-refractivity contribution in [2.24, 2.45) is 7.05 Å². The number of amides is 1. The van der Waals surface area contributed by atoms with E-state index in [1.54, 1.807) is 0 Å². The Bertz CT molecular complexity index is 898. The average Bonchev–Trinajstić information content (AvgIpc) is 2.60. The van der Waals surface area contributed by atoms with Gasteiger partial charge < -0.3 is 10.1 Å². The minimum atomic E-state index is -0.566. The van der Waals surface area contributed by atoms with Crippen molar-refractivity contribution in [3.05, 3.63) is 38.7 Å². The van der Waals surface area contributed by atoms with E-state index in [9.17, 15) is 14.4 Å². The number of morpholine rings is 1. The lowest BCUT2D eigenvalue weighted by molar-refractivity contribution is 0.0342. The van der Waals surface area contributed by atoms with Crippen LogP contribution in [0.1, 0.15) is 17.4 Å². The number of nitrogens with one attached hydrogen (secondary N) is 2. The number of carbonyl (C=O) groups excluding carboxylic acids is 1. The molecule has 2 aromatic heterocycles. The molecule has 0 aliphatic carbocycles. The maximum atomic E-state index is 12.4. The van der Waals surface area contributed by atoms with Gasteiger partial charge in [0.1, 0.15) is 11.3 Å². The number of fused-ring (bicyclic) bond motifs is 1. The Morgan fingerprint density at radius 1 is 1.36 bits per heavy atom. The molecule has 1 amide bonds. The number of aryl methyl sites for hydroxylation is 1. The van der Waals surface area contributed by atoms with Gasteiger partial charge in [0, 0.05) is 32.7 Å². The Labute approximate surface area is 143 Å². The van der Waals surface area contributed by atoms with E-state index < -0.39 is 11.2 Å². The van der Waals surface area contributed by atoms with Crippen molar-refractivity contribution in [1.29, 1.82) is 0 Å². The number of pyridine rings is 1. The fourth-order valence-electron chi connectivity index (χ4n) is 2.87. The first-order valence-electron chi connectivity index (χ1n) is 8.17. The van der Waals surface area contributed by atoms with Crippen LogP contribution in [-0.2, 0) is 11.8 Å². The largest absolute Gasteiger partial charge is 0.379 e. The fraction of sp³-hybridized carbons (Fsp3) is 0.500. The quantitative estimate of drug-likeness (QED) is 0.740. The number of hydrogen-bond acceptors (Lipinski definition) is 6. The first kappa shape index (κ1) is 17.3. The molecule has 25 heavy (non-hydrogen) atoms. The molecule has 134 valence electrons. The Morgan fingerprint density at radius 2 is 2.08 bits per heavy atom. The van der Waals surface area contributed by atoms with Gasteiger partial charge in [-0.25, -0.2) is 9.78 Å². The van der Waals surface area contributed by atoms with Gasteiger partial charge in [-0.05, 0) is 19.1 Å². The fourth-order valence-corrected chi connectivity index (χ4v) is 2.87. The molecule has 1 atom stereocenters. The minimum absolute atomic E-state index is 0.0638. The molecule has 9 nitrogen and oxygen atoms in total. The molecule has 0 spiro atoms. The van der Waals surface area contributed by atoms with Crippen molar-refractivity contribution in [2.75, 3.05) is 32.8 Å². The van der Waals surface area contributed by atoms with E-state index in [1.165, 1.54) is 23.7 Å². The van der Waals surface area contributed by atoms with Crippen molar-refractivity contribution in [2.45, 2.75) is 13.0 Å². The summed E-state index contributed by atoms with van der Waals surface area (Å²) in [7, 11) is 1.50. The Kier molecular flexibility index (Phi) is 4.95. The van der Waals surface area contributed by atoms with Crippen molar-refractivity contribution in [3.63, 3.8) is 0 Å². The third kappa shape index (κ3) is 3.77. The molecular formula is C16H21N5O4. The van der Waals surface area contributed by atoms with E-state index >= 15 is 0 Å². The van der Waals surface area contributed by atoms with Crippen LogP contribution in [0.4, 0.5) is 0 Å². The van der Waals surface area contributed by atoms with Gasteiger partial charge in [-0.1, -0.05) is 0 Å². The van der Waals surface area contributed by atoms with Crippen LogP contribution >= 0.6 is 0 Å². The van der Waals surface area contributed by atoms with Crippen LogP contribution in [0.25, 0.3) is 11.0 Å². The molecule has 3 rings (SSSR count). The number of H-pyrrole nitrogens is 1. The molecule has 1 aliphatic rings. The van der Waals surface area contributed by atoms with Gasteiger partial charge in [-0.2, -0.15) is 0 Å². The molecule has 3 heterocycles. The molecule has 0 bridgehead atoms. The standard InChI is InChI=1S/C16H21N5O4/c1-10(9-21-5-7-25-8-6-21)17-15(23)12-4-3-11-13(18-12)20(2)16(24)19-14(11)22/h3-4,10H,5-9H2,1-2H3,(H,17,23)(H,19,22,24). The molecule has 1 unspecified atom stereocenters. The molecule has 9 heteroatoms. The van der Waals surface area contributed by atoms with Crippen LogP contribution in [0.15, 0.2) is 21.7 Å². The van der Waals surface area contributed by atoms with Gasteiger partial charge in [-0.15, -0.1) is 0 Å². The summed E-state index contributed by atoms with van der Waals surface area (Å²) in [6.07, 6.45) is 0. The highest BCUT2D eigenvalue weighted by atomic mass is 16.5. The number of hydrogen-bond donors (Lipinski definition) is 2. The second kappa shape index (κ2) is 7.16.